The Morgan fingerprint density at radius 1 is 0.471 bits per heavy atom. The average molecular weight is 439 g/mol. The number of anilines is 3. The highest BCUT2D eigenvalue weighted by Gasteiger charge is 2.15. The minimum absolute atomic E-state index is 0.638. The van der Waals surface area contributed by atoms with Gasteiger partial charge in [0.15, 0.2) is 5.58 Å². The Morgan fingerprint density at radius 2 is 1.03 bits per heavy atom. The van der Waals surface area contributed by atoms with E-state index in [1.165, 1.54) is 0 Å². The van der Waals surface area contributed by atoms with Crippen LogP contribution in [0.2, 0.25) is 0 Å². The van der Waals surface area contributed by atoms with Crippen LogP contribution < -0.4 is 4.90 Å². The molecule has 0 spiro atoms. The van der Waals surface area contributed by atoms with Gasteiger partial charge >= 0.3 is 0 Å². The minimum Gasteiger partial charge on any atom is -0.435 e. The molecule has 1 aromatic heterocycles. The van der Waals surface area contributed by atoms with E-state index in [0.717, 1.165) is 44.9 Å². The van der Waals surface area contributed by atoms with E-state index in [9.17, 15) is 0 Å². The maximum absolute atomic E-state index is 6.23. The Labute approximate surface area is 198 Å². The molecule has 0 aliphatic rings. The molecular formula is C31H22N2O. The molecule has 3 nitrogen and oxygen atoms in total. The molecule has 0 atom stereocenters. The second-order valence-corrected chi connectivity index (χ2v) is 8.09. The molecule has 0 aliphatic heterocycles. The normalized spacial score (nSPS) is 10.9. The molecule has 0 radical (unpaired) electrons. The van der Waals surface area contributed by atoms with Crippen molar-refractivity contribution in [1.29, 1.82) is 0 Å². The van der Waals surface area contributed by atoms with E-state index in [0.29, 0.717) is 5.89 Å². The summed E-state index contributed by atoms with van der Waals surface area (Å²) in [6, 6.07) is 45.6. The lowest BCUT2D eigenvalue weighted by Crippen LogP contribution is -2.09. The molecule has 0 aliphatic carbocycles. The Kier molecular flexibility index (Phi) is 5.13. The first kappa shape index (κ1) is 20.0. The number of fused-ring (bicyclic) bond motifs is 1. The largest absolute Gasteiger partial charge is 0.435 e. The standard InChI is InChI=1S/C31H22N2O/c1-4-11-24(12-5-1)31-32-29-18-10-17-28(30(29)34-31)23-19-21-27(22-20-23)33(25-13-6-2-7-14-25)26-15-8-3-9-16-26/h1-22H. The van der Waals surface area contributed by atoms with E-state index in [-0.39, 0.29) is 0 Å². The highest BCUT2D eigenvalue weighted by molar-refractivity contribution is 5.92. The molecule has 0 fully saturated rings. The van der Waals surface area contributed by atoms with Crippen LogP contribution in [0.1, 0.15) is 0 Å². The van der Waals surface area contributed by atoms with Crippen LogP contribution in [0.3, 0.4) is 0 Å². The summed E-state index contributed by atoms with van der Waals surface area (Å²) in [4.78, 5) is 6.98. The van der Waals surface area contributed by atoms with Gasteiger partial charge in [0.1, 0.15) is 5.52 Å². The van der Waals surface area contributed by atoms with Gasteiger partial charge in [-0.15, -0.1) is 0 Å². The second-order valence-electron chi connectivity index (χ2n) is 8.09. The topological polar surface area (TPSA) is 29.3 Å². The lowest BCUT2D eigenvalue weighted by atomic mass is 10.0. The Bertz CT molecular complexity index is 1480. The van der Waals surface area contributed by atoms with Gasteiger partial charge in [-0.3, -0.25) is 0 Å². The molecule has 0 N–H and O–H groups in total. The van der Waals surface area contributed by atoms with Crippen molar-refractivity contribution in [1.82, 2.24) is 4.98 Å². The van der Waals surface area contributed by atoms with Crippen LogP contribution in [-0.4, -0.2) is 4.98 Å². The molecule has 0 unspecified atom stereocenters. The van der Waals surface area contributed by atoms with E-state index in [2.05, 4.69) is 83.8 Å². The third-order valence-electron chi connectivity index (χ3n) is 5.90. The molecule has 3 heteroatoms. The summed E-state index contributed by atoms with van der Waals surface area (Å²) < 4.78 is 6.23. The zero-order chi connectivity index (χ0) is 22.7. The van der Waals surface area contributed by atoms with E-state index >= 15 is 0 Å². The summed E-state index contributed by atoms with van der Waals surface area (Å²) in [5, 5.41) is 0. The lowest BCUT2D eigenvalue weighted by molar-refractivity contribution is 0.621. The average Bonchev–Trinajstić information content (AvgIpc) is 3.36. The van der Waals surface area contributed by atoms with Gasteiger partial charge in [-0.05, 0) is 60.2 Å². The summed E-state index contributed by atoms with van der Waals surface area (Å²) in [6.45, 7) is 0. The Hall–Kier alpha value is -4.63. The zero-order valence-electron chi connectivity index (χ0n) is 18.5. The van der Waals surface area contributed by atoms with Crippen LogP contribution in [-0.2, 0) is 0 Å². The number of aromatic nitrogens is 1. The molecule has 5 aromatic carbocycles. The van der Waals surface area contributed by atoms with Crippen molar-refractivity contribution in [3.8, 4) is 22.6 Å². The van der Waals surface area contributed by atoms with Crippen molar-refractivity contribution in [3.63, 3.8) is 0 Å². The molecule has 1 heterocycles. The van der Waals surface area contributed by atoms with Crippen molar-refractivity contribution >= 4 is 28.2 Å². The van der Waals surface area contributed by atoms with E-state index in [1.807, 2.05) is 54.6 Å². The Balaban J connectivity index is 1.41. The molecule has 6 aromatic rings. The predicted molar refractivity (Wildman–Crippen MR) is 140 cm³/mol. The third-order valence-corrected chi connectivity index (χ3v) is 5.90. The van der Waals surface area contributed by atoms with Crippen molar-refractivity contribution in [2.45, 2.75) is 0 Å². The van der Waals surface area contributed by atoms with E-state index in [4.69, 9.17) is 9.40 Å². The molecule has 0 amide bonds. The Morgan fingerprint density at radius 3 is 1.65 bits per heavy atom. The van der Waals surface area contributed by atoms with Crippen molar-refractivity contribution < 1.29 is 4.42 Å². The van der Waals surface area contributed by atoms with Gasteiger partial charge in [-0.2, -0.15) is 0 Å². The van der Waals surface area contributed by atoms with Crippen molar-refractivity contribution in [3.05, 3.63) is 133 Å². The minimum atomic E-state index is 0.638. The quantitative estimate of drug-likeness (QED) is 0.270. The first-order valence-electron chi connectivity index (χ1n) is 11.3. The van der Waals surface area contributed by atoms with Gasteiger partial charge in [0, 0.05) is 28.2 Å². The summed E-state index contributed by atoms with van der Waals surface area (Å²) in [5.74, 6) is 0.638. The monoisotopic (exact) mass is 438 g/mol. The fourth-order valence-corrected chi connectivity index (χ4v) is 4.27. The highest BCUT2D eigenvalue weighted by atomic mass is 16.3. The molecular weight excluding hydrogens is 416 g/mol. The van der Waals surface area contributed by atoms with Crippen LogP contribution in [0.5, 0.6) is 0 Å². The SMILES string of the molecule is c1ccc(-c2nc3cccc(-c4ccc(N(c5ccccc5)c5ccccc5)cc4)c3o2)cc1. The first-order chi connectivity index (χ1) is 16.9. The van der Waals surface area contributed by atoms with Crippen LogP contribution in [0.4, 0.5) is 17.1 Å². The molecule has 0 saturated carbocycles. The van der Waals surface area contributed by atoms with Gasteiger partial charge in [0.05, 0.1) is 0 Å². The van der Waals surface area contributed by atoms with Gasteiger partial charge in [0.2, 0.25) is 5.89 Å². The zero-order valence-corrected chi connectivity index (χ0v) is 18.5. The van der Waals surface area contributed by atoms with Gasteiger partial charge in [-0.25, -0.2) is 4.98 Å². The maximum Gasteiger partial charge on any atom is 0.227 e. The van der Waals surface area contributed by atoms with Crippen molar-refractivity contribution in [2.24, 2.45) is 0 Å². The van der Waals surface area contributed by atoms with Crippen molar-refractivity contribution in [2.75, 3.05) is 4.90 Å². The molecule has 162 valence electrons. The number of nitrogens with zero attached hydrogens (tertiary/aromatic N) is 2. The molecule has 34 heavy (non-hydrogen) atoms. The molecule has 0 bridgehead atoms. The summed E-state index contributed by atoms with van der Waals surface area (Å²) >= 11 is 0. The molecule has 6 rings (SSSR count). The number of oxazole rings is 1. The third kappa shape index (κ3) is 3.74. The van der Waals surface area contributed by atoms with Gasteiger partial charge < -0.3 is 9.32 Å². The highest BCUT2D eigenvalue weighted by Crippen LogP contribution is 2.37. The number of benzene rings is 5. The number of hydrogen-bond acceptors (Lipinski definition) is 3. The van der Waals surface area contributed by atoms with Crippen LogP contribution >= 0.6 is 0 Å². The number of hydrogen-bond donors (Lipinski definition) is 0. The van der Waals surface area contributed by atoms with E-state index < -0.39 is 0 Å². The smallest absolute Gasteiger partial charge is 0.227 e. The first-order valence-corrected chi connectivity index (χ1v) is 11.3. The molecule has 0 saturated heterocycles. The van der Waals surface area contributed by atoms with Gasteiger partial charge in [0.25, 0.3) is 0 Å². The van der Waals surface area contributed by atoms with Crippen LogP contribution in [0.15, 0.2) is 138 Å². The van der Waals surface area contributed by atoms with Gasteiger partial charge in [-0.1, -0.05) is 78.9 Å². The number of rotatable bonds is 5. The fourth-order valence-electron chi connectivity index (χ4n) is 4.27. The predicted octanol–water partition coefficient (Wildman–Crippen LogP) is 8.63. The lowest BCUT2D eigenvalue weighted by Gasteiger charge is -2.25. The summed E-state index contributed by atoms with van der Waals surface area (Å²) in [7, 11) is 0. The fraction of sp³-hybridized carbons (Fsp3) is 0. The van der Waals surface area contributed by atoms with E-state index in [1.54, 1.807) is 0 Å². The van der Waals surface area contributed by atoms with Crippen LogP contribution in [0.25, 0.3) is 33.7 Å². The summed E-state index contributed by atoms with van der Waals surface area (Å²) in [6.07, 6.45) is 0. The van der Waals surface area contributed by atoms with Crippen LogP contribution in [0, 0.1) is 0 Å². The summed E-state index contributed by atoms with van der Waals surface area (Å²) in [5.41, 5.74) is 8.08. The number of para-hydroxylation sites is 3. The second kappa shape index (κ2) is 8.72. The maximum atomic E-state index is 6.23.